The summed E-state index contributed by atoms with van der Waals surface area (Å²) in [5.74, 6) is 0.695. The SMILES string of the molecule is NC(=S)N(Cc1ccco1)N=CC1CCCCN1Cc1ccc(C(F)(F)F)cc1. The third kappa shape index (κ3) is 6.04. The Kier molecular flexibility index (Phi) is 6.92. The number of hydrogen-bond acceptors (Lipinski definition) is 4. The Morgan fingerprint density at radius 3 is 2.66 bits per heavy atom. The standard InChI is InChI=1S/C20H23F3N4OS/c21-20(22,23)16-8-6-15(7-9-16)13-26-10-2-1-4-17(26)12-25-27(19(24)29)14-18-5-3-11-28-18/h3,5-9,11-12,17H,1-2,4,10,13-14H2,(H2,24,29). The summed E-state index contributed by atoms with van der Waals surface area (Å²) in [5, 5.41) is 6.09. The molecule has 2 heterocycles. The van der Waals surface area contributed by atoms with Crippen LogP contribution in [0.4, 0.5) is 13.2 Å². The van der Waals surface area contributed by atoms with E-state index < -0.39 is 11.7 Å². The molecule has 0 saturated carbocycles. The fraction of sp³-hybridized carbons (Fsp3) is 0.400. The predicted octanol–water partition coefficient (Wildman–Crippen LogP) is 4.38. The average Bonchev–Trinajstić information content (AvgIpc) is 3.19. The van der Waals surface area contributed by atoms with Crippen LogP contribution in [0.1, 0.15) is 36.1 Å². The fourth-order valence-electron chi connectivity index (χ4n) is 3.30. The molecule has 2 aromatic rings. The third-order valence-corrected chi connectivity index (χ3v) is 5.06. The summed E-state index contributed by atoms with van der Waals surface area (Å²) >= 11 is 5.08. The summed E-state index contributed by atoms with van der Waals surface area (Å²) in [7, 11) is 0. The third-order valence-electron chi connectivity index (χ3n) is 4.85. The Hall–Kier alpha value is -2.39. The zero-order valence-electron chi connectivity index (χ0n) is 15.8. The van der Waals surface area contributed by atoms with Gasteiger partial charge in [0.1, 0.15) is 12.3 Å². The van der Waals surface area contributed by atoms with Crippen molar-refractivity contribution < 1.29 is 17.6 Å². The molecule has 29 heavy (non-hydrogen) atoms. The summed E-state index contributed by atoms with van der Waals surface area (Å²) in [5.41, 5.74) is 5.97. The van der Waals surface area contributed by atoms with E-state index in [0.29, 0.717) is 18.8 Å². The number of piperidine rings is 1. The molecule has 1 aromatic heterocycles. The van der Waals surface area contributed by atoms with Crippen molar-refractivity contribution in [2.75, 3.05) is 6.54 Å². The number of rotatable bonds is 6. The van der Waals surface area contributed by atoms with Crippen LogP contribution in [0, 0.1) is 0 Å². The largest absolute Gasteiger partial charge is 0.467 e. The van der Waals surface area contributed by atoms with Crippen molar-refractivity contribution in [1.82, 2.24) is 9.91 Å². The molecule has 2 N–H and O–H groups in total. The first-order valence-electron chi connectivity index (χ1n) is 9.36. The molecule has 0 amide bonds. The van der Waals surface area contributed by atoms with Crippen LogP contribution in [-0.4, -0.2) is 33.8 Å². The van der Waals surface area contributed by atoms with Crippen molar-refractivity contribution in [3.63, 3.8) is 0 Å². The minimum absolute atomic E-state index is 0.0551. The van der Waals surface area contributed by atoms with Gasteiger partial charge in [-0.15, -0.1) is 0 Å². The lowest BCUT2D eigenvalue weighted by molar-refractivity contribution is -0.137. The number of furan rings is 1. The highest BCUT2D eigenvalue weighted by Crippen LogP contribution is 2.29. The molecule has 1 unspecified atom stereocenters. The number of likely N-dealkylation sites (tertiary alicyclic amines) is 1. The van der Waals surface area contributed by atoms with Gasteiger partial charge in [-0.25, -0.2) is 5.01 Å². The molecule has 1 saturated heterocycles. The molecule has 1 aromatic carbocycles. The number of benzene rings is 1. The van der Waals surface area contributed by atoms with E-state index in [-0.39, 0.29) is 11.2 Å². The van der Waals surface area contributed by atoms with Crippen molar-refractivity contribution in [2.24, 2.45) is 10.8 Å². The minimum atomic E-state index is -4.32. The molecule has 0 aliphatic carbocycles. The van der Waals surface area contributed by atoms with E-state index in [0.717, 1.165) is 43.5 Å². The quantitative estimate of drug-likeness (QED) is 0.424. The number of hydrazone groups is 1. The van der Waals surface area contributed by atoms with Crippen LogP contribution in [0.5, 0.6) is 0 Å². The molecule has 156 valence electrons. The first kappa shape index (κ1) is 21.3. The van der Waals surface area contributed by atoms with Gasteiger partial charge >= 0.3 is 6.18 Å². The van der Waals surface area contributed by atoms with Crippen LogP contribution in [0.3, 0.4) is 0 Å². The summed E-state index contributed by atoms with van der Waals surface area (Å²) in [6.45, 7) is 1.74. The van der Waals surface area contributed by atoms with Gasteiger partial charge in [-0.1, -0.05) is 18.6 Å². The maximum atomic E-state index is 12.8. The molecule has 1 atom stereocenters. The van der Waals surface area contributed by atoms with Crippen molar-refractivity contribution in [3.05, 3.63) is 59.5 Å². The number of hydrogen-bond donors (Lipinski definition) is 1. The fourth-order valence-corrected chi connectivity index (χ4v) is 3.41. The zero-order chi connectivity index (χ0) is 20.9. The lowest BCUT2D eigenvalue weighted by atomic mass is 10.0. The Bertz CT molecular complexity index is 821. The lowest BCUT2D eigenvalue weighted by Gasteiger charge is -2.33. The van der Waals surface area contributed by atoms with E-state index in [2.05, 4.69) is 10.0 Å². The molecule has 1 aliphatic rings. The Balaban J connectivity index is 1.67. The van der Waals surface area contributed by atoms with Gasteiger partial charge < -0.3 is 10.2 Å². The molecular formula is C20H23F3N4OS. The molecule has 9 heteroatoms. The highest BCUT2D eigenvalue weighted by atomic mass is 32.1. The molecule has 0 bridgehead atoms. The first-order valence-corrected chi connectivity index (χ1v) is 9.77. The van der Waals surface area contributed by atoms with Gasteiger partial charge in [-0.2, -0.15) is 18.3 Å². The molecule has 5 nitrogen and oxygen atoms in total. The predicted molar refractivity (Wildman–Crippen MR) is 109 cm³/mol. The van der Waals surface area contributed by atoms with Crippen LogP contribution in [-0.2, 0) is 19.3 Å². The van der Waals surface area contributed by atoms with Gasteiger partial charge in [0.2, 0.25) is 0 Å². The molecule has 3 rings (SSSR count). The Morgan fingerprint density at radius 1 is 1.28 bits per heavy atom. The summed E-state index contributed by atoms with van der Waals surface area (Å²) < 4.78 is 43.6. The molecule has 1 aliphatic heterocycles. The van der Waals surface area contributed by atoms with Gasteiger partial charge in [0.15, 0.2) is 5.11 Å². The summed E-state index contributed by atoms with van der Waals surface area (Å²) in [6, 6.07) is 8.97. The van der Waals surface area contributed by atoms with Crippen LogP contribution >= 0.6 is 12.2 Å². The van der Waals surface area contributed by atoms with Crippen LogP contribution in [0.2, 0.25) is 0 Å². The van der Waals surface area contributed by atoms with Crippen LogP contribution in [0.15, 0.2) is 52.2 Å². The highest BCUT2D eigenvalue weighted by Gasteiger charge is 2.30. The monoisotopic (exact) mass is 424 g/mol. The van der Waals surface area contributed by atoms with E-state index in [4.69, 9.17) is 22.4 Å². The Labute approximate surface area is 173 Å². The van der Waals surface area contributed by atoms with Gasteiger partial charge in [0, 0.05) is 18.8 Å². The number of halogens is 3. The van der Waals surface area contributed by atoms with E-state index in [9.17, 15) is 13.2 Å². The van der Waals surface area contributed by atoms with Gasteiger partial charge in [-0.3, -0.25) is 4.90 Å². The number of thiocarbonyl (C=S) groups is 1. The van der Waals surface area contributed by atoms with E-state index in [1.54, 1.807) is 12.3 Å². The zero-order valence-corrected chi connectivity index (χ0v) is 16.6. The van der Waals surface area contributed by atoms with Gasteiger partial charge in [0.05, 0.1) is 11.8 Å². The van der Waals surface area contributed by atoms with Crippen molar-refractivity contribution in [2.45, 2.75) is 44.6 Å². The van der Waals surface area contributed by atoms with Crippen molar-refractivity contribution >= 4 is 23.5 Å². The molecular weight excluding hydrogens is 401 g/mol. The molecule has 0 spiro atoms. The smallest absolute Gasteiger partial charge is 0.416 e. The van der Waals surface area contributed by atoms with Crippen LogP contribution in [0.25, 0.3) is 0 Å². The highest BCUT2D eigenvalue weighted by molar-refractivity contribution is 7.80. The van der Waals surface area contributed by atoms with Crippen LogP contribution < -0.4 is 5.73 Å². The van der Waals surface area contributed by atoms with Gasteiger partial charge in [0.25, 0.3) is 0 Å². The number of nitrogens with two attached hydrogens (primary N) is 1. The van der Waals surface area contributed by atoms with Gasteiger partial charge in [-0.05, 0) is 61.4 Å². The first-order chi connectivity index (χ1) is 13.8. The van der Waals surface area contributed by atoms with E-state index >= 15 is 0 Å². The van der Waals surface area contributed by atoms with Crippen molar-refractivity contribution in [3.8, 4) is 0 Å². The summed E-state index contributed by atoms with van der Waals surface area (Å²) in [6.07, 6.45) is 2.07. The Morgan fingerprint density at radius 2 is 2.03 bits per heavy atom. The molecule has 1 fully saturated rings. The lowest BCUT2D eigenvalue weighted by Crippen LogP contribution is -2.41. The minimum Gasteiger partial charge on any atom is -0.467 e. The number of nitrogens with zero attached hydrogens (tertiary/aromatic N) is 3. The van der Waals surface area contributed by atoms with Crippen molar-refractivity contribution in [1.29, 1.82) is 0 Å². The maximum Gasteiger partial charge on any atom is 0.416 e. The second-order valence-corrected chi connectivity index (χ2v) is 7.39. The second-order valence-electron chi connectivity index (χ2n) is 6.97. The topological polar surface area (TPSA) is 58.0 Å². The average molecular weight is 424 g/mol. The molecule has 0 radical (unpaired) electrons. The summed E-state index contributed by atoms with van der Waals surface area (Å²) in [4.78, 5) is 2.21. The van der Waals surface area contributed by atoms with E-state index in [1.165, 1.54) is 17.1 Å². The normalized spacial score (nSPS) is 18.2. The van der Waals surface area contributed by atoms with E-state index in [1.807, 2.05) is 12.3 Å². The number of alkyl halides is 3. The second kappa shape index (κ2) is 9.41. The maximum absolute atomic E-state index is 12.8.